The molecular weight excluding hydrogens is 286 g/mol. The number of piperidine rings is 1. The van der Waals surface area contributed by atoms with E-state index in [0.29, 0.717) is 18.2 Å². The van der Waals surface area contributed by atoms with Gasteiger partial charge in [-0.2, -0.15) is 0 Å². The molecule has 2 atom stereocenters. The summed E-state index contributed by atoms with van der Waals surface area (Å²) in [6, 6.07) is 6.96. The molecule has 3 N–H and O–H groups in total. The Labute approximate surface area is 125 Å². The van der Waals surface area contributed by atoms with Crippen molar-refractivity contribution in [1.82, 2.24) is 4.90 Å². The monoisotopic (exact) mass is 307 g/mol. The van der Waals surface area contributed by atoms with Gasteiger partial charge in [0.05, 0.1) is 10.6 Å². The number of amidine groups is 1. The highest BCUT2D eigenvalue weighted by atomic mass is 32.2. The maximum Gasteiger partial charge on any atom is 0.179 e. The van der Waals surface area contributed by atoms with Crippen molar-refractivity contribution >= 4 is 15.7 Å². The molecule has 1 saturated carbocycles. The Balaban J connectivity index is 1.69. The average Bonchev–Trinajstić information content (AvgIpc) is 3.08. The van der Waals surface area contributed by atoms with Gasteiger partial charge in [0.2, 0.25) is 0 Å². The van der Waals surface area contributed by atoms with Gasteiger partial charge in [0.25, 0.3) is 0 Å². The summed E-state index contributed by atoms with van der Waals surface area (Å²) in [6.45, 7) is 1.65. The van der Waals surface area contributed by atoms with E-state index in [0.717, 1.165) is 12.5 Å². The third-order valence-electron chi connectivity index (χ3n) is 4.67. The van der Waals surface area contributed by atoms with E-state index in [1.54, 1.807) is 18.2 Å². The zero-order valence-corrected chi connectivity index (χ0v) is 12.8. The van der Waals surface area contributed by atoms with Crippen molar-refractivity contribution < 1.29 is 8.42 Å². The van der Waals surface area contributed by atoms with E-state index in [1.807, 2.05) is 0 Å². The summed E-state index contributed by atoms with van der Waals surface area (Å²) in [4.78, 5) is 2.58. The normalized spacial score (nSPS) is 25.3. The molecule has 0 amide bonds. The molecule has 1 aromatic carbocycles. The molecule has 2 bridgehead atoms. The predicted molar refractivity (Wildman–Crippen MR) is 82.2 cm³/mol. The van der Waals surface area contributed by atoms with Crippen LogP contribution in [0.2, 0.25) is 0 Å². The number of nitrogen functional groups attached to an aromatic ring is 1. The Morgan fingerprint density at radius 3 is 2.81 bits per heavy atom. The standard InChI is InChI=1S/C15H21N3O2S/c16-15(17)12-2-1-3-14(9-12)21(19,20)7-6-18-10-11-4-5-13(18)8-11/h1-3,9,11,13H,4-8,10H2,(H3,16,17). The summed E-state index contributed by atoms with van der Waals surface area (Å²) in [7, 11) is -3.31. The smallest absolute Gasteiger partial charge is 0.179 e. The first-order valence-electron chi connectivity index (χ1n) is 7.37. The molecule has 3 rings (SSSR count). The largest absolute Gasteiger partial charge is 0.384 e. The molecule has 6 heteroatoms. The number of rotatable bonds is 5. The highest BCUT2D eigenvalue weighted by Gasteiger charge is 2.37. The number of benzene rings is 1. The van der Waals surface area contributed by atoms with Gasteiger partial charge in [-0.1, -0.05) is 12.1 Å². The fourth-order valence-corrected chi connectivity index (χ4v) is 4.82. The van der Waals surface area contributed by atoms with Gasteiger partial charge in [-0.05, 0) is 37.3 Å². The van der Waals surface area contributed by atoms with Crippen LogP contribution in [0.1, 0.15) is 24.8 Å². The lowest BCUT2D eigenvalue weighted by molar-refractivity contribution is 0.225. The van der Waals surface area contributed by atoms with Gasteiger partial charge in [-0.15, -0.1) is 0 Å². The molecule has 1 aromatic rings. The molecule has 2 unspecified atom stereocenters. The second kappa shape index (κ2) is 5.42. The van der Waals surface area contributed by atoms with E-state index in [2.05, 4.69) is 4.90 Å². The van der Waals surface area contributed by atoms with E-state index in [1.165, 1.54) is 25.3 Å². The number of hydrogen-bond acceptors (Lipinski definition) is 4. The van der Waals surface area contributed by atoms with Gasteiger partial charge in [0.1, 0.15) is 5.84 Å². The molecule has 2 fully saturated rings. The number of likely N-dealkylation sites (tertiary alicyclic amines) is 1. The molecule has 0 spiro atoms. The molecule has 21 heavy (non-hydrogen) atoms. The Hall–Kier alpha value is -1.40. The first-order chi connectivity index (χ1) is 9.95. The van der Waals surface area contributed by atoms with Crippen LogP contribution in [-0.2, 0) is 9.84 Å². The zero-order valence-electron chi connectivity index (χ0n) is 12.0. The SMILES string of the molecule is N=C(N)c1cccc(S(=O)(=O)CCN2CC3CCC2C3)c1. The van der Waals surface area contributed by atoms with Gasteiger partial charge < -0.3 is 5.73 Å². The van der Waals surface area contributed by atoms with Crippen LogP contribution >= 0.6 is 0 Å². The van der Waals surface area contributed by atoms with Crippen LogP contribution in [0.25, 0.3) is 0 Å². The van der Waals surface area contributed by atoms with Crippen LogP contribution in [0.15, 0.2) is 29.2 Å². The third kappa shape index (κ3) is 2.96. The van der Waals surface area contributed by atoms with Gasteiger partial charge in [0, 0.05) is 24.7 Å². The Bertz CT molecular complexity index is 657. The summed E-state index contributed by atoms with van der Waals surface area (Å²) in [5.41, 5.74) is 5.88. The van der Waals surface area contributed by atoms with E-state index < -0.39 is 9.84 Å². The number of fused-ring (bicyclic) bond motifs is 2. The van der Waals surface area contributed by atoms with E-state index >= 15 is 0 Å². The number of nitrogens with zero attached hydrogens (tertiary/aromatic N) is 1. The lowest BCUT2D eigenvalue weighted by Gasteiger charge is -2.26. The summed E-state index contributed by atoms with van der Waals surface area (Å²) < 4.78 is 24.9. The summed E-state index contributed by atoms with van der Waals surface area (Å²) in [6.07, 6.45) is 3.75. The Morgan fingerprint density at radius 1 is 1.38 bits per heavy atom. The van der Waals surface area contributed by atoms with Gasteiger partial charge in [-0.3, -0.25) is 10.3 Å². The summed E-state index contributed by atoms with van der Waals surface area (Å²) in [5, 5.41) is 7.41. The lowest BCUT2D eigenvalue weighted by atomic mass is 10.1. The summed E-state index contributed by atoms with van der Waals surface area (Å²) >= 11 is 0. The summed E-state index contributed by atoms with van der Waals surface area (Å²) in [5.74, 6) is 0.806. The minimum absolute atomic E-state index is 0.107. The molecule has 1 saturated heterocycles. The maximum absolute atomic E-state index is 12.4. The van der Waals surface area contributed by atoms with Crippen molar-refractivity contribution in [2.24, 2.45) is 11.7 Å². The average molecular weight is 307 g/mol. The quantitative estimate of drug-likeness (QED) is 0.632. The Kier molecular flexibility index (Phi) is 3.75. The molecule has 0 aromatic heterocycles. The number of nitrogens with two attached hydrogens (primary N) is 1. The zero-order chi connectivity index (χ0) is 15.0. The molecule has 1 aliphatic carbocycles. The van der Waals surface area contributed by atoms with Crippen molar-refractivity contribution in [3.8, 4) is 0 Å². The maximum atomic E-state index is 12.4. The highest BCUT2D eigenvalue weighted by molar-refractivity contribution is 7.91. The molecule has 114 valence electrons. The molecule has 0 radical (unpaired) electrons. The van der Waals surface area contributed by atoms with Crippen LogP contribution in [0.4, 0.5) is 0 Å². The fourth-order valence-electron chi connectivity index (χ4n) is 3.51. The van der Waals surface area contributed by atoms with Crippen molar-refractivity contribution in [2.75, 3.05) is 18.8 Å². The van der Waals surface area contributed by atoms with Gasteiger partial charge in [0.15, 0.2) is 9.84 Å². The number of hydrogen-bond donors (Lipinski definition) is 2. The van der Waals surface area contributed by atoms with E-state index in [9.17, 15) is 8.42 Å². The van der Waals surface area contributed by atoms with Gasteiger partial charge >= 0.3 is 0 Å². The topological polar surface area (TPSA) is 87.2 Å². The van der Waals surface area contributed by atoms with Gasteiger partial charge in [-0.25, -0.2) is 8.42 Å². The molecule has 2 aliphatic rings. The Morgan fingerprint density at radius 2 is 2.19 bits per heavy atom. The van der Waals surface area contributed by atoms with Crippen molar-refractivity contribution in [2.45, 2.75) is 30.2 Å². The fraction of sp³-hybridized carbons (Fsp3) is 0.533. The molecular formula is C15H21N3O2S. The molecule has 5 nitrogen and oxygen atoms in total. The van der Waals surface area contributed by atoms with Crippen molar-refractivity contribution in [3.63, 3.8) is 0 Å². The van der Waals surface area contributed by atoms with Crippen LogP contribution < -0.4 is 5.73 Å². The first-order valence-corrected chi connectivity index (χ1v) is 9.02. The van der Waals surface area contributed by atoms with Crippen LogP contribution in [0.5, 0.6) is 0 Å². The predicted octanol–water partition coefficient (Wildman–Crippen LogP) is 1.23. The van der Waals surface area contributed by atoms with Crippen molar-refractivity contribution in [1.29, 1.82) is 5.41 Å². The third-order valence-corrected chi connectivity index (χ3v) is 6.37. The second-order valence-corrected chi connectivity index (χ2v) is 8.20. The minimum atomic E-state index is -3.31. The van der Waals surface area contributed by atoms with Crippen molar-refractivity contribution in [3.05, 3.63) is 29.8 Å². The minimum Gasteiger partial charge on any atom is -0.384 e. The van der Waals surface area contributed by atoms with Crippen LogP contribution in [0, 0.1) is 11.3 Å². The van der Waals surface area contributed by atoms with E-state index in [-0.39, 0.29) is 16.5 Å². The molecule has 1 heterocycles. The number of sulfone groups is 1. The van der Waals surface area contributed by atoms with E-state index in [4.69, 9.17) is 11.1 Å². The molecule has 1 aliphatic heterocycles. The first kappa shape index (κ1) is 14.5. The lowest BCUT2D eigenvalue weighted by Crippen LogP contribution is -2.35. The van der Waals surface area contributed by atoms with Crippen LogP contribution in [0.3, 0.4) is 0 Å². The van der Waals surface area contributed by atoms with Crippen LogP contribution in [-0.4, -0.2) is 44.0 Å². The highest BCUT2D eigenvalue weighted by Crippen LogP contribution is 2.37. The second-order valence-electron chi connectivity index (χ2n) is 6.09. The number of nitrogens with one attached hydrogen (secondary N) is 1.